The topological polar surface area (TPSA) is 75.0 Å². The second kappa shape index (κ2) is 6.05. The van der Waals surface area contributed by atoms with E-state index in [-0.39, 0.29) is 5.56 Å². The van der Waals surface area contributed by atoms with Crippen molar-refractivity contribution < 1.29 is 4.42 Å². The molecular formula is C18H18N4O2. The third-order valence-electron chi connectivity index (χ3n) is 4.44. The highest BCUT2D eigenvalue weighted by Gasteiger charge is 2.22. The Morgan fingerprint density at radius 3 is 3.08 bits per heavy atom. The van der Waals surface area contributed by atoms with Crippen molar-refractivity contribution in [2.75, 3.05) is 6.54 Å². The van der Waals surface area contributed by atoms with Crippen molar-refractivity contribution >= 4 is 0 Å². The van der Waals surface area contributed by atoms with Gasteiger partial charge in [-0.1, -0.05) is 0 Å². The van der Waals surface area contributed by atoms with Crippen molar-refractivity contribution in [1.29, 1.82) is 0 Å². The molecule has 1 aliphatic rings. The van der Waals surface area contributed by atoms with E-state index in [1.54, 1.807) is 24.6 Å². The van der Waals surface area contributed by atoms with Gasteiger partial charge in [-0.2, -0.15) is 0 Å². The maximum atomic E-state index is 12.5. The average molecular weight is 322 g/mol. The minimum Gasteiger partial charge on any atom is -0.461 e. The first-order valence-electron chi connectivity index (χ1n) is 7.98. The van der Waals surface area contributed by atoms with E-state index in [0.29, 0.717) is 18.1 Å². The van der Waals surface area contributed by atoms with E-state index in [0.717, 1.165) is 30.8 Å². The van der Waals surface area contributed by atoms with Crippen LogP contribution >= 0.6 is 0 Å². The van der Waals surface area contributed by atoms with Crippen molar-refractivity contribution in [2.24, 2.45) is 0 Å². The number of aromatic nitrogens is 3. The predicted molar refractivity (Wildman–Crippen MR) is 89.4 cm³/mol. The minimum absolute atomic E-state index is 0.0843. The molecule has 0 spiro atoms. The average Bonchev–Trinajstić information content (AvgIpc) is 3.12. The molecule has 1 N–H and O–H groups in total. The molecular weight excluding hydrogens is 304 g/mol. The molecule has 0 aliphatic carbocycles. The van der Waals surface area contributed by atoms with Crippen molar-refractivity contribution in [3.63, 3.8) is 0 Å². The summed E-state index contributed by atoms with van der Waals surface area (Å²) in [5.74, 6) is 1.09. The number of rotatable bonds is 3. The fraction of sp³-hybridized carbons (Fsp3) is 0.278. The monoisotopic (exact) mass is 322 g/mol. The van der Waals surface area contributed by atoms with E-state index in [2.05, 4.69) is 26.8 Å². The molecule has 122 valence electrons. The third-order valence-corrected chi connectivity index (χ3v) is 4.44. The molecule has 0 saturated heterocycles. The molecule has 24 heavy (non-hydrogen) atoms. The molecule has 6 heteroatoms. The normalized spacial score (nSPS) is 14.5. The Bertz CT molecular complexity index is 915. The molecule has 4 rings (SSSR count). The van der Waals surface area contributed by atoms with E-state index in [9.17, 15) is 4.79 Å². The lowest BCUT2D eigenvalue weighted by Crippen LogP contribution is -2.35. The first kappa shape index (κ1) is 14.8. The summed E-state index contributed by atoms with van der Waals surface area (Å²) in [6.45, 7) is 4.34. The van der Waals surface area contributed by atoms with E-state index in [1.807, 2.05) is 12.3 Å². The van der Waals surface area contributed by atoms with Crippen LogP contribution in [-0.4, -0.2) is 26.4 Å². The quantitative estimate of drug-likeness (QED) is 0.801. The van der Waals surface area contributed by atoms with Crippen molar-refractivity contribution in [3.05, 3.63) is 69.6 Å². The molecule has 0 radical (unpaired) electrons. The van der Waals surface area contributed by atoms with Crippen LogP contribution in [0.15, 0.2) is 46.1 Å². The van der Waals surface area contributed by atoms with Crippen LogP contribution in [0, 0.1) is 6.92 Å². The molecule has 0 amide bonds. The lowest BCUT2D eigenvalue weighted by atomic mass is 10.1. The molecule has 0 bridgehead atoms. The van der Waals surface area contributed by atoms with Crippen LogP contribution < -0.4 is 5.56 Å². The molecule has 0 aromatic carbocycles. The summed E-state index contributed by atoms with van der Waals surface area (Å²) in [5.41, 5.74) is 3.94. The Morgan fingerprint density at radius 2 is 2.29 bits per heavy atom. The van der Waals surface area contributed by atoms with Crippen LogP contribution in [0.25, 0.3) is 11.6 Å². The lowest BCUT2D eigenvalue weighted by molar-refractivity contribution is 0.241. The van der Waals surface area contributed by atoms with Crippen molar-refractivity contribution in [3.8, 4) is 11.6 Å². The number of nitrogens with one attached hydrogen (secondary N) is 1. The van der Waals surface area contributed by atoms with Gasteiger partial charge >= 0.3 is 0 Å². The third kappa shape index (κ3) is 2.76. The summed E-state index contributed by atoms with van der Waals surface area (Å²) >= 11 is 0. The zero-order chi connectivity index (χ0) is 16.5. The highest BCUT2D eigenvalue weighted by molar-refractivity contribution is 5.47. The van der Waals surface area contributed by atoms with Gasteiger partial charge in [0.1, 0.15) is 0 Å². The van der Waals surface area contributed by atoms with Crippen LogP contribution in [0.3, 0.4) is 0 Å². The molecule has 3 aromatic rings. The summed E-state index contributed by atoms with van der Waals surface area (Å²) in [4.78, 5) is 26.3. The highest BCUT2D eigenvalue weighted by atomic mass is 16.3. The number of H-pyrrole nitrogens is 1. The molecule has 0 atom stereocenters. The standard InChI is InChI=1S/C18H18N4O2/c1-12-4-6-19-9-13(12)10-22-7-5-15-14(11-22)18(23)21-17(20-15)16-3-2-8-24-16/h2-4,6,8-9H,5,7,10-11H2,1H3,(H,20,21,23). The van der Waals surface area contributed by atoms with Crippen LogP contribution in [-0.2, 0) is 19.5 Å². The molecule has 6 nitrogen and oxygen atoms in total. The molecule has 0 saturated carbocycles. The number of fused-ring (bicyclic) bond motifs is 1. The number of pyridine rings is 1. The Morgan fingerprint density at radius 1 is 1.38 bits per heavy atom. The van der Waals surface area contributed by atoms with Crippen molar-refractivity contribution in [2.45, 2.75) is 26.4 Å². The molecule has 4 heterocycles. The molecule has 0 unspecified atom stereocenters. The molecule has 3 aromatic heterocycles. The second-order valence-electron chi connectivity index (χ2n) is 6.08. The largest absolute Gasteiger partial charge is 0.461 e. The number of aryl methyl sites for hydroxylation is 1. The number of aromatic amines is 1. The van der Waals surface area contributed by atoms with Gasteiger partial charge in [0.05, 0.1) is 17.5 Å². The van der Waals surface area contributed by atoms with Crippen molar-refractivity contribution in [1.82, 2.24) is 19.9 Å². The Hall–Kier alpha value is -2.73. The van der Waals surface area contributed by atoms with Crippen LogP contribution in [0.2, 0.25) is 0 Å². The lowest BCUT2D eigenvalue weighted by Gasteiger charge is -2.28. The summed E-state index contributed by atoms with van der Waals surface area (Å²) in [6.07, 6.45) is 6.03. The van der Waals surface area contributed by atoms with E-state index in [1.165, 1.54) is 11.1 Å². The Kier molecular flexibility index (Phi) is 3.74. The van der Waals surface area contributed by atoms with Crippen LogP contribution in [0.1, 0.15) is 22.4 Å². The van der Waals surface area contributed by atoms with Gasteiger partial charge in [0.25, 0.3) is 5.56 Å². The maximum Gasteiger partial charge on any atom is 0.256 e. The summed E-state index contributed by atoms with van der Waals surface area (Å²) in [7, 11) is 0. The van der Waals surface area contributed by atoms with Gasteiger partial charge in [-0.25, -0.2) is 4.98 Å². The van der Waals surface area contributed by atoms with E-state index >= 15 is 0 Å². The fourth-order valence-electron chi connectivity index (χ4n) is 3.05. The van der Waals surface area contributed by atoms with Gasteiger partial charge in [0, 0.05) is 38.4 Å². The van der Waals surface area contributed by atoms with Gasteiger partial charge in [-0.05, 0) is 36.2 Å². The molecule has 1 aliphatic heterocycles. The number of furan rings is 1. The number of nitrogens with zero attached hydrogens (tertiary/aromatic N) is 3. The highest BCUT2D eigenvalue weighted by Crippen LogP contribution is 2.20. The zero-order valence-corrected chi connectivity index (χ0v) is 13.5. The van der Waals surface area contributed by atoms with Gasteiger partial charge in [-0.15, -0.1) is 0 Å². The van der Waals surface area contributed by atoms with E-state index in [4.69, 9.17) is 4.42 Å². The van der Waals surface area contributed by atoms with Crippen LogP contribution in [0.5, 0.6) is 0 Å². The summed E-state index contributed by atoms with van der Waals surface area (Å²) in [5, 5.41) is 0. The Labute approximate surface area is 139 Å². The van der Waals surface area contributed by atoms with Gasteiger partial charge in [0.2, 0.25) is 0 Å². The number of hydrogen-bond acceptors (Lipinski definition) is 5. The first-order valence-corrected chi connectivity index (χ1v) is 7.98. The summed E-state index contributed by atoms with van der Waals surface area (Å²) < 4.78 is 5.33. The SMILES string of the molecule is Cc1ccncc1CN1CCc2nc(-c3ccco3)[nH]c(=O)c2C1. The van der Waals surface area contributed by atoms with E-state index < -0.39 is 0 Å². The molecule has 0 fully saturated rings. The fourth-order valence-corrected chi connectivity index (χ4v) is 3.05. The summed E-state index contributed by atoms with van der Waals surface area (Å²) in [6, 6.07) is 5.59. The second-order valence-corrected chi connectivity index (χ2v) is 6.08. The first-order chi connectivity index (χ1) is 11.7. The van der Waals surface area contributed by atoms with Gasteiger partial charge in [0.15, 0.2) is 11.6 Å². The smallest absolute Gasteiger partial charge is 0.256 e. The number of hydrogen-bond donors (Lipinski definition) is 1. The van der Waals surface area contributed by atoms with Gasteiger partial charge in [-0.3, -0.25) is 14.7 Å². The maximum absolute atomic E-state index is 12.5. The minimum atomic E-state index is -0.0843. The zero-order valence-electron chi connectivity index (χ0n) is 13.5. The predicted octanol–water partition coefficient (Wildman–Crippen LogP) is 2.29. The van der Waals surface area contributed by atoms with Gasteiger partial charge < -0.3 is 9.40 Å². The Balaban J connectivity index is 1.60. The van der Waals surface area contributed by atoms with Crippen LogP contribution in [0.4, 0.5) is 0 Å².